The maximum atomic E-state index is 11.3. The van der Waals surface area contributed by atoms with Crippen molar-refractivity contribution in [3.63, 3.8) is 0 Å². The minimum absolute atomic E-state index is 0.0562. The Balaban J connectivity index is 2.19. The summed E-state index contributed by atoms with van der Waals surface area (Å²) in [6.45, 7) is 0. The van der Waals surface area contributed by atoms with E-state index < -0.39 is 4.92 Å². The average Bonchev–Trinajstić information content (AvgIpc) is 2.31. The monoisotopic (exact) mass is 266 g/mol. The predicted octanol–water partition coefficient (Wildman–Crippen LogP) is 3.30. The van der Waals surface area contributed by atoms with Crippen molar-refractivity contribution in [2.45, 2.75) is 19.3 Å². The highest BCUT2D eigenvalue weighted by molar-refractivity contribution is 6.33. The Bertz CT molecular complexity index is 540. The molecule has 1 aromatic rings. The summed E-state index contributed by atoms with van der Waals surface area (Å²) >= 11 is 5.95. The quantitative estimate of drug-likeness (QED) is 0.673. The van der Waals surface area contributed by atoms with Crippen LogP contribution in [0.3, 0.4) is 0 Å². The summed E-state index contributed by atoms with van der Waals surface area (Å²) in [6, 6.07) is 4.20. The lowest BCUT2D eigenvalue weighted by Gasteiger charge is -2.15. The van der Waals surface area contributed by atoms with E-state index in [0.29, 0.717) is 12.1 Å². The van der Waals surface area contributed by atoms with Gasteiger partial charge in [-0.1, -0.05) is 11.6 Å². The number of carbonyl (C=O) groups is 1. The molecular weight excluding hydrogens is 256 g/mol. The van der Waals surface area contributed by atoms with Crippen LogP contribution in [-0.4, -0.2) is 10.7 Å². The van der Waals surface area contributed by atoms with Crippen LogP contribution in [-0.2, 0) is 4.79 Å². The first kappa shape index (κ1) is 12.6. The summed E-state index contributed by atoms with van der Waals surface area (Å²) in [5, 5.41) is 13.9. The van der Waals surface area contributed by atoms with E-state index >= 15 is 0 Å². The molecule has 0 atom stereocenters. The molecule has 0 heterocycles. The zero-order valence-electron chi connectivity index (χ0n) is 9.48. The number of rotatable bonds is 3. The summed E-state index contributed by atoms with van der Waals surface area (Å²) in [7, 11) is 0. The minimum Gasteiger partial charge on any atom is -0.358 e. The van der Waals surface area contributed by atoms with Gasteiger partial charge in [-0.15, -0.1) is 0 Å². The normalized spacial score (nSPS) is 15.2. The molecule has 0 bridgehead atoms. The molecule has 0 radical (unpaired) electrons. The second-order valence-corrected chi connectivity index (χ2v) is 4.44. The van der Waals surface area contributed by atoms with Crippen molar-refractivity contribution in [2.75, 3.05) is 5.32 Å². The highest BCUT2D eigenvalue weighted by atomic mass is 35.5. The molecule has 0 saturated heterocycles. The topological polar surface area (TPSA) is 72.2 Å². The van der Waals surface area contributed by atoms with Crippen molar-refractivity contribution in [2.24, 2.45) is 0 Å². The van der Waals surface area contributed by atoms with Crippen LogP contribution >= 0.6 is 11.6 Å². The van der Waals surface area contributed by atoms with E-state index in [1.165, 1.54) is 12.1 Å². The van der Waals surface area contributed by atoms with Gasteiger partial charge in [0.05, 0.1) is 15.6 Å². The van der Waals surface area contributed by atoms with Gasteiger partial charge in [-0.25, -0.2) is 0 Å². The number of benzene rings is 1. The molecule has 0 spiro atoms. The van der Waals surface area contributed by atoms with Crippen molar-refractivity contribution in [3.05, 3.63) is 45.1 Å². The van der Waals surface area contributed by atoms with Gasteiger partial charge in [0.2, 0.25) is 0 Å². The number of ketones is 1. The fourth-order valence-corrected chi connectivity index (χ4v) is 2.00. The number of carbonyl (C=O) groups excluding carboxylic acids is 1. The van der Waals surface area contributed by atoms with Crippen molar-refractivity contribution < 1.29 is 9.72 Å². The summed E-state index contributed by atoms with van der Waals surface area (Å²) in [4.78, 5) is 21.3. The number of nitro groups is 1. The highest BCUT2D eigenvalue weighted by Gasteiger charge is 2.13. The first-order chi connectivity index (χ1) is 8.56. The summed E-state index contributed by atoms with van der Waals surface area (Å²) in [5.74, 6) is 0.0850. The smallest absolute Gasteiger partial charge is 0.271 e. The number of non-ortho nitro benzene ring substituents is 1. The Labute approximate surface area is 109 Å². The van der Waals surface area contributed by atoms with Crippen LogP contribution in [0.15, 0.2) is 30.0 Å². The largest absolute Gasteiger partial charge is 0.358 e. The van der Waals surface area contributed by atoms with Crippen molar-refractivity contribution >= 4 is 28.8 Å². The Morgan fingerprint density at radius 1 is 1.33 bits per heavy atom. The first-order valence-electron chi connectivity index (χ1n) is 5.50. The third-order valence-corrected chi connectivity index (χ3v) is 2.98. The lowest BCUT2D eigenvalue weighted by molar-refractivity contribution is -0.384. The van der Waals surface area contributed by atoms with Gasteiger partial charge in [0.25, 0.3) is 5.69 Å². The predicted molar refractivity (Wildman–Crippen MR) is 68.7 cm³/mol. The van der Waals surface area contributed by atoms with E-state index in [2.05, 4.69) is 5.32 Å². The molecule has 1 N–H and O–H groups in total. The molecule has 0 aromatic heterocycles. The Morgan fingerprint density at radius 3 is 2.72 bits per heavy atom. The van der Waals surface area contributed by atoms with Crippen LogP contribution < -0.4 is 5.32 Å². The third kappa shape index (κ3) is 2.87. The molecule has 0 unspecified atom stereocenters. The standard InChI is InChI=1S/C12H11ClN2O3/c13-11-7-9(15(17)18)4-5-12(11)14-8-2-1-3-10(16)6-8/h4-7,14H,1-3H2. The molecule has 6 heteroatoms. The zero-order valence-corrected chi connectivity index (χ0v) is 10.2. The maximum Gasteiger partial charge on any atom is 0.271 e. The Hall–Kier alpha value is -1.88. The molecule has 0 saturated carbocycles. The Kier molecular flexibility index (Phi) is 3.62. The van der Waals surface area contributed by atoms with Crippen LogP contribution in [0.5, 0.6) is 0 Å². The van der Waals surface area contributed by atoms with Gasteiger partial charge in [0.15, 0.2) is 5.78 Å². The molecule has 5 nitrogen and oxygen atoms in total. The number of nitrogens with one attached hydrogen (secondary N) is 1. The number of halogens is 1. The van der Waals surface area contributed by atoms with Gasteiger partial charge in [0, 0.05) is 30.3 Å². The first-order valence-corrected chi connectivity index (χ1v) is 5.88. The van der Waals surface area contributed by atoms with Gasteiger partial charge in [-0.2, -0.15) is 0 Å². The molecule has 94 valence electrons. The minimum atomic E-state index is -0.501. The molecule has 1 aliphatic carbocycles. The van der Waals surface area contributed by atoms with E-state index in [4.69, 9.17) is 11.6 Å². The van der Waals surface area contributed by atoms with Crippen LogP contribution in [0.4, 0.5) is 11.4 Å². The van der Waals surface area contributed by atoms with E-state index in [9.17, 15) is 14.9 Å². The molecule has 1 aromatic carbocycles. The number of allylic oxidation sites excluding steroid dienone is 2. The third-order valence-electron chi connectivity index (χ3n) is 2.66. The van der Waals surface area contributed by atoms with Crippen molar-refractivity contribution in [1.29, 1.82) is 0 Å². The molecule has 2 rings (SSSR count). The van der Waals surface area contributed by atoms with E-state index in [-0.39, 0.29) is 16.5 Å². The molecule has 1 aliphatic rings. The maximum absolute atomic E-state index is 11.3. The van der Waals surface area contributed by atoms with Gasteiger partial charge >= 0.3 is 0 Å². The second-order valence-electron chi connectivity index (χ2n) is 4.04. The van der Waals surface area contributed by atoms with Gasteiger partial charge < -0.3 is 5.32 Å². The van der Waals surface area contributed by atoms with Gasteiger partial charge in [-0.05, 0) is 18.9 Å². The number of nitro benzene ring substituents is 1. The van der Waals surface area contributed by atoms with Crippen LogP contribution in [0, 0.1) is 10.1 Å². The molecular formula is C12H11ClN2O3. The number of nitrogens with zero attached hydrogens (tertiary/aromatic N) is 1. The second kappa shape index (κ2) is 5.18. The number of hydrogen-bond acceptors (Lipinski definition) is 4. The lowest BCUT2D eigenvalue weighted by atomic mass is 10.0. The molecule has 0 aliphatic heterocycles. The molecule has 0 amide bonds. The zero-order chi connectivity index (χ0) is 13.1. The van der Waals surface area contributed by atoms with E-state index in [0.717, 1.165) is 18.5 Å². The summed E-state index contributed by atoms with van der Waals surface area (Å²) in [5.41, 5.74) is 1.31. The van der Waals surface area contributed by atoms with E-state index in [1.807, 2.05) is 0 Å². The highest BCUT2D eigenvalue weighted by Crippen LogP contribution is 2.29. The van der Waals surface area contributed by atoms with Crippen molar-refractivity contribution in [1.82, 2.24) is 0 Å². The van der Waals surface area contributed by atoms with Crippen LogP contribution in [0.2, 0.25) is 5.02 Å². The Morgan fingerprint density at radius 2 is 2.11 bits per heavy atom. The lowest BCUT2D eigenvalue weighted by Crippen LogP contribution is -2.09. The van der Waals surface area contributed by atoms with Crippen LogP contribution in [0.1, 0.15) is 19.3 Å². The summed E-state index contributed by atoms with van der Waals surface area (Å²) in [6.07, 6.45) is 3.71. The summed E-state index contributed by atoms with van der Waals surface area (Å²) < 4.78 is 0. The van der Waals surface area contributed by atoms with Crippen LogP contribution in [0.25, 0.3) is 0 Å². The average molecular weight is 267 g/mol. The van der Waals surface area contributed by atoms with Crippen molar-refractivity contribution in [3.8, 4) is 0 Å². The fraction of sp³-hybridized carbons (Fsp3) is 0.250. The number of anilines is 1. The number of hydrogen-bond donors (Lipinski definition) is 1. The molecule has 0 fully saturated rings. The van der Waals surface area contributed by atoms with Gasteiger partial charge in [0.1, 0.15) is 0 Å². The van der Waals surface area contributed by atoms with Gasteiger partial charge in [-0.3, -0.25) is 14.9 Å². The van der Waals surface area contributed by atoms with E-state index in [1.54, 1.807) is 12.1 Å². The SMILES string of the molecule is O=C1C=C(Nc2ccc([N+](=O)[O-])cc2Cl)CCC1. The molecule has 18 heavy (non-hydrogen) atoms. The fourth-order valence-electron chi connectivity index (χ4n) is 1.78.